The predicted octanol–water partition coefficient (Wildman–Crippen LogP) is 7.43. The Balaban J connectivity index is 1.38. The average Bonchev–Trinajstić information content (AvgIpc) is 3.01. The Bertz CT molecular complexity index is 1820. The summed E-state index contributed by atoms with van der Waals surface area (Å²) in [5.74, 6) is 0.231. The Morgan fingerprint density at radius 1 is 0.833 bits per heavy atom. The number of hydrazone groups is 1. The minimum absolute atomic E-state index is 0.247. The zero-order valence-corrected chi connectivity index (χ0v) is 25.6. The lowest BCUT2D eigenvalue weighted by atomic mass is 10.0. The first-order valence-electron chi connectivity index (χ1n) is 12.6. The van der Waals surface area contributed by atoms with Gasteiger partial charge in [0.1, 0.15) is 5.75 Å². The number of hydrogen-bond acceptors (Lipinski definition) is 7. The molecule has 42 heavy (non-hydrogen) atoms. The fourth-order valence-electron chi connectivity index (χ4n) is 4.14. The van der Waals surface area contributed by atoms with E-state index in [4.69, 9.17) is 19.2 Å². The summed E-state index contributed by atoms with van der Waals surface area (Å²) in [7, 11) is 3.04. The summed E-state index contributed by atoms with van der Waals surface area (Å²) < 4.78 is 17.9. The molecule has 210 valence electrons. The molecule has 1 heterocycles. The first-order chi connectivity index (χ1) is 20.4. The molecule has 1 amide bonds. The van der Waals surface area contributed by atoms with Gasteiger partial charge in [-0.1, -0.05) is 40.2 Å². The van der Waals surface area contributed by atoms with Crippen molar-refractivity contribution in [3.05, 3.63) is 117 Å². The van der Waals surface area contributed by atoms with Crippen LogP contribution in [0.25, 0.3) is 22.2 Å². The van der Waals surface area contributed by atoms with Gasteiger partial charge in [-0.05, 0) is 88.2 Å². The SMILES string of the molecule is COc1ccc2nc(-c3ccc(Br)cc3)cc(C(=O)NN=Cc3ccc(OC(=O)c4ccccc4Br)c(OC)c3)c2c1. The lowest BCUT2D eigenvalue weighted by Gasteiger charge is -2.11. The van der Waals surface area contributed by atoms with Gasteiger partial charge in [0.15, 0.2) is 11.5 Å². The Kier molecular flexibility index (Phi) is 8.94. The van der Waals surface area contributed by atoms with Gasteiger partial charge >= 0.3 is 5.97 Å². The molecule has 1 aromatic heterocycles. The molecule has 5 rings (SSSR count). The monoisotopic (exact) mass is 687 g/mol. The molecule has 0 aliphatic rings. The number of aromatic nitrogens is 1. The number of rotatable bonds is 8. The van der Waals surface area contributed by atoms with Gasteiger partial charge in [-0.15, -0.1) is 0 Å². The van der Waals surface area contributed by atoms with Crippen LogP contribution in [-0.4, -0.2) is 37.3 Å². The average molecular weight is 689 g/mol. The van der Waals surface area contributed by atoms with Gasteiger partial charge in [-0.25, -0.2) is 15.2 Å². The highest BCUT2D eigenvalue weighted by molar-refractivity contribution is 9.10. The molecular weight excluding hydrogens is 666 g/mol. The summed E-state index contributed by atoms with van der Waals surface area (Å²) in [5, 5.41) is 4.78. The van der Waals surface area contributed by atoms with Crippen LogP contribution in [0.15, 0.2) is 105 Å². The fraction of sp³-hybridized carbons (Fsp3) is 0.0625. The lowest BCUT2D eigenvalue weighted by Crippen LogP contribution is -2.18. The first-order valence-corrected chi connectivity index (χ1v) is 14.2. The summed E-state index contributed by atoms with van der Waals surface area (Å²) in [6.45, 7) is 0. The van der Waals surface area contributed by atoms with Gasteiger partial charge in [0.2, 0.25) is 0 Å². The molecule has 10 heteroatoms. The summed E-state index contributed by atoms with van der Waals surface area (Å²) in [6, 6.07) is 26.7. The number of fused-ring (bicyclic) bond motifs is 1. The third-order valence-electron chi connectivity index (χ3n) is 6.26. The van der Waals surface area contributed by atoms with E-state index in [0.29, 0.717) is 49.3 Å². The zero-order chi connectivity index (χ0) is 29.6. The smallest absolute Gasteiger partial charge is 0.344 e. The van der Waals surface area contributed by atoms with E-state index in [1.807, 2.05) is 36.4 Å². The number of methoxy groups -OCH3 is 2. The van der Waals surface area contributed by atoms with Crippen LogP contribution in [0.2, 0.25) is 0 Å². The van der Waals surface area contributed by atoms with Gasteiger partial charge in [-0.3, -0.25) is 4.79 Å². The molecule has 0 saturated heterocycles. The van der Waals surface area contributed by atoms with Crippen LogP contribution in [-0.2, 0) is 0 Å². The van der Waals surface area contributed by atoms with Crippen molar-refractivity contribution in [3.8, 4) is 28.5 Å². The van der Waals surface area contributed by atoms with Crippen LogP contribution in [0, 0.1) is 0 Å². The van der Waals surface area contributed by atoms with Gasteiger partial charge in [0, 0.05) is 19.9 Å². The number of benzene rings is 4. The Hall–Kier alpha value is -4.54. The largest absolute Gasteiger partial charge is 0.497 e. The molecule has 4 aromatic carbocycles. The van der Waals surface area contributed by atoms with Gasteiger partial charge in [0.05, 0.1) is 42.8 Å². The van der Waals surface area contributed by atoms with Gasteiger partial charge < -0.3 is 14.2 Å². The maximum Gasteiger partial charge on any atom is 0.344 e. The maximum absolute atomic E-state index is 13.4. The Labute approximate surface area is 258 Å². The standard InChI is InChI=1S/C32H23Br2N3O5/c1-40-22-12-13-27-24(16-22)25(17-28(36-27)20-8-10-21(33)11-9-20)31(38)37-35-18-19-7-14-29(30(15-19)41-2)42-32(39)23-5-3-4-6-26(23)34/h3-18H,1-2H3,(H,37,38). The number of esters is 1. The second kappa shape index (κ2) is 13.0. The van der Waals surface area contributed by atoms with E-state index in [1.54, 1.807) is 61.7 Å². The first kappa shape index (κ1) is 29.0. The molecule has 0 aliphatic carbocycles. The number of ether oxygens (including phenoxy) is 3. The van der Waals surface area contributed by atoms with Crippen LogP contribution in [0.5, 0.6) is 17.2 Å². The summed E-state index contributed by atoms with van der Waals surface area (Å²) in [4.78, 5) is 30.7. The molecule has 0 unspecified atom stereocenters. The highest BCUT2D eigenvalue weighted by atomic mass is 79.9. The summed E-state index contributed by atoms with van der Waals surface area (Å²) in [5.41, 5.74) is 6.14. The molecule has 5 aromatic rings. The van der Waals surface area contributed by atoms with E-state index in [9.17, 15) is 9.59 Å². The van der Waals surface area contributed by atoms with Crippen molar-refractivity contribution in [1.29, 1.82) is 0 Å². The quantitative estimate of drug-likeness (QED) is 0.0788. The molecule has 0 spiro atoms. The number of amides is 1. The molecular formula is C32H23Br2N3O5. The molecule has 0 bridgehead atoms. The molecule has 1 N–H and O–H groups in total. The number of hydrogen-bond donors (Lipinski definition) is 1. The molecule has 8 nitrogen and oxygen atoms in total. The van der Waals surface area contributed by atoms with Crippen molar-refractivity contribution in [2.45, 2.75) is 0 Å². The van der Waals surface area contributed by atoms with Gasteiger partial charge in [0.25, 0.3) is 5.91 Å². The molecule has 0 fully saturated rings. The number of carbonyl (C=O) groups is 2. The number of pyridine rings is 1. The number of nitrogens with zero attached hydrogens (tertiary/aromatic N) is 2. The molecule has 0 atom stereocenters. The van der Waals surface area contributed by atoms with Crippen molar-refractivity contribution in [3.63, 3.8) is 0 Å². The van der Waals surface area contributed by atoms with E-state index in [2.05, 4.69) is 42.4 Å². The van der Waals surface area contributed by atoms with E-state index in [0.717, 1.165) is 10.0 Å². The Morgan fingerprint density at radius 2 is 1.62 bits per heavy atom. The van der Waals surface area contributed by atoms with Crippen LogP contribution in [0.4, 0.5) is 0 Å². The fourth-order valence-corrected chi connectivity index (χ4v) is 4.86. The van der Waals surface area contributed by atoms with E-state index in [-0.39, 0.29) is 5.75 Å². The normalized spacial score (nSPS) is 11.0. The minimum Gasteiger partial charge on any atom is -0.497 e. The molecule has 0 saturated carbocycles. The minimum atomic E-state index is -0.529. The zero-order valence-electron chi connectivity index (χ0n) is 22.4. The number of nitrogens with one attached hydrogen (secondary N) is 1. The second-order valence-electron chi connectivity index (χ2n) is 8.92. The van der Waals surface area contributed by atoms with Crippen molar-refractivity contribution >= 4 is 60.9 Å². The van der Waals surface area contributed by atoms with Crippen molar-refractivity contribution in [2.75, 3.05) is 14.2 Å². The summed E-state index contributed by atoms with van der Waals surface area (Å²) >= 11 is 6.81. The highest BCUT2D eigenvalue weighted by Crippen LogP contribution is 2.30. The van der Waals surface area contributed by atoms with E-state index < -0.39 is 11.9 Å². The lowest BCUT2D eigenvalue weighted by molar-refractivity contribution is 0.0728. The molecule has 0 aliphatic heterocycles. The third kappa shape index (κ3) is 6.50. The van der Waals surface area contributed by atoms with Crippen LogP contribution in [0.1, 0.15) is 26.3 Å². The van der Waals surface area contributed by atoms with Crippen LogP contribution >= 0.6 is 31.9 Å². The number of carbonyl (C=O) groups excluding carboxylic acids is 2. The second-order valence-corrected chi connectivity index (χ2v) is 10.7. The van der Waals surface area contributed by atoms with Crippen LogP contribution < -0.4 is 19.6 Å². The van der Waals surface area contributed by atoms with Crippen LogP contribution in [0.3, 0.4) is 0 Å². The van der Waals surface area contributed by atoms with Crippen molar-refractivity contribution in [2.24, 2.45) is 5.10 Å². The van der Waals surface area contributed by atoms with Crippen molar-refractivity contribution < 1.29 is 23.8 Å². The summed E-state index contributed by atoms with van der Waals surface area (Å²) in [6.07, 6.45) is 1.47. The van der Waals surface area contributed by atoms with E-state index >= 15 is 0 Å². The maximum atomic E-state index is 13.4. The third-order valence-corrected chi connectivity index (χ3v) is 7.48. The van der Waals surface area contributed by atoms with E-state index in [1.165, 1.54) is 13.3 Å². The van der Waals surface area contributed by atoms with Crippen molar-refractivity contribution in [1.82, 2.24) is 10.4 Å². The topological polar surface area (TPSA) is 99.1 Å². The van der Waals surface area contributed by atoms with Gasteiger partial charge in [-0.2, -0.15) is 5.10 Å². The number of halogens is 2. The predicted molar refractivity (Wildman–Crippen MR) is 169 cm³/mol. The molecule has 0 radical (unpaired) electrons. The Morgan fingerprint density at radius 3 is 2.36 bits per heavy atom. The highest BCUT2D eigenvalue weighted by Gasteiger charge is 2.17.